The molecule has 28 heavy (non-hydrogen) atoms. The normalized spacial score (nSPS) is 15.6. The second-order valence-electron chi connectivity index (χ2n) is 6.47. The number of nitrogens with zero attached hydrogens (tertiary/aromatic N) is 3. The van der Waals surface area contributed by atoms with Gasteiger partial charge in [0.05, 0.1) is 10.5 Å². The van der Waals surface area contributed by atoms with Gasteiger partial charge in [-0.2, -0.15) is 0 Å². The monoisotopic (exact) mass is 414 g/mol. The standard InChI is InChI=1S/C20H22N4O2S2/c1-4-6-10-23-19(26)15(28-20(23)27)11-14-17(21-9-5-2)22-16-8-7-13(3)12-24(16)18(14)25/h5,7-8,11-12,21H,2,4,6,9-10H2,1,3H3/b15-11+. The Balaban J connectivity index is 2.10. The summed E-state index contributed by atoms with van der Waals surface area (Å²) < 4.78 is 2.02. The predicted molar refractivity (Wildman–Crippen MR) is 120 cm³/mol. The molecule has 1 amide bonds. The van der Waals surface area contributed by atoms with Gasteiger partial charge < -0.3 is 5.32 Å². The van der Waals surface area contributed by atoms with Crippen LogP contribution in [0, 0.1) is 6.92 Å². The number of rotatable bonds is 7. The molecular formula is C20H22N4O2S2. The van der Waals surface area contributed by atoms with E-state index in [9.17, 15) is 9.59 Å². The first-order valence-corrected chi connectivity index (χ1v) is 10.3. The number of aryl methyl sites for hydroxylation is 1. The van der Waals surface area contributed by atoms with Crippen molar-refractivity contribution in [3.05, 3.63) is 57.4 Å². The number of aromatic nitrogens is 2. The molecule has 3 heterocycles. The maximum absolute atomic E-state index is 13.1. The highest BCUT2D eigenvalue weighted by Gasteiger charge is 2.32. The van der Waals surface area contributed by atoms with E-state index < -0.39 is 0 Å². The smallest absolute Gasteiger partial charge is 0.267 e. The molecule has 2 aromatic heterocycles. The maximum atomic E-state index is 13.1. The van der Waals surface area contributed by atoms with E-state index in [2.05, 4.69) is 23.8 Å². The molecule has 1 aliphatic heterocycles. The summed E-state index contributed by atoms with van der Waals surface area (Å²) in [6.45, 7) is 8.71. The topological polar surface area (TPSA) is 66.7 Å². The average Bonchev–Trinajstić information content (AvgIpc) is 2.94. The lowest BCUT2D eigenvalue weighted by molar-refractivity contribution is -0.122. The van der Waals surface area contributed by atoms with Gasteiger partial charge in [-0.1, -0.05) is 49.5 Å². The third-order valence-corrected chi connectivity index (χ3v) is 5.68. The zero-order valence-corrected chi connectivity index (χ0v) is 17.5. The summed E-state index contributed by atoms with van der Waals surface area (Å²) in [5.74, 6) is 0.263. The minimum Gasteiger partial charge on any atom is -0.366 e. The third kappa shape index (κ3) is 4.02. The van der Waals surface area contributed by atoms with Gasteiger partial charge in [-0.15, -0.1) is 6.58 Å². The number of anilines is 1. The summed E-state index contributed by atoms with van der Waals surface area (Å²) in [4.78, 5) is 32.5. The molecule has 0 atom stereocenters. The molecule has 8 heteroatoms. The van der Waals surface area contributed by atoms with E-state index in [1.54, 1.807) is 29.3 Å². The molecule has 1 saturated heterocycles. The highest BCUT2D eigenvalue weighted by molar-refractivity contribution is 8.26. The predicted octanol–water partition coefficient (Wildman–Crippen LogP) is 3.60. The van der Waals surface area contributed by atoms with Crippen LogP contribution in [0.3, 0.4) is 0 Å². The number of fused-ring (bicyclic) bond motifs is 1. The Morgan fingerprint density at radius 3 is 2.86 bits per heavy atom. The van der Waals surface area contributed by atoms with Crippen LogP contribution >= 0.6 is 24.0 Å². The molecule has 0 saturated carbocycles. The van der Waals surface area contributed by atoms with Crippen LogP contribution in [-0.2, 0) is 4.79 Å². The number of thioether (sulfide) groups is 1. The van der Waals surface area contributed by atoms with Gasteiger partial charge >= 0.3 is 0 Å². The molecule has 1 fully saturated rings. The zero-order chi connectivity index (χ0) is 20.3. The van der Waals surface area contributed by atoms with Crippen molar-refractivity contribution in [2.45, 2.75) is 26.7 Å². The number of hydrogen-bond donors (Lipinski definition) is 1. The van der Waals surface area contributed by atoms with Crippen LogP contribution in [-0.4, -0.2) is 37.6 Å². The second kappa shape index (κ2) is 8.70. The number of hydrogen-bond acceptors (Lipinski definition) is 6. The van der Waals surface area contributed by atoms with Crippen molar-refractivity contribution in [2.75, 3.05) is 18.4 Å². The first-order valence-electron chi connectivity index (χ1n) is 9.09. The fourth-order valence-electron chi connectivity index (χ4n) is 2.83. The van der Waals surface area contributed by atoms with E-state index in [1.165, 1.54) is 16.2 Å². The highest BCUT2D eigenvalue weighted by atomic mass is 32.2. The number of amides is 1. The van der Waals surface area contributed by atoms with E-state index in [0.29, 0.717) is 39.3 Å². The first-order chi connectivity index (χ1) is 13.5. The molecule has 0 bridgehead atoms. The molecule has 0 unspecified atom stereocenters. The van der Waals surface area contributed by atoms with E-state index in [1.807, 2.05) is 13.0 Å². The Hall–Kier alpha value is -2.45. The van der Waals surface area contributed by atoms with E-state index >= 15 is 0 Å². The van der Waals surface area contributed by atoms with Gasteiger partial charge in [0.15, 0.2) is 0 Å². The summed E-state index contributed by atoms with van der Waals surface area (Å²) in [5, 5.41) is 3.10. The minimum atomic E-state index is -0.237. The van der Waals surface area contributed by atoms with Gasteiger partial charge in [0.2, 0.25) is 0 Å². The molecule has 3 rings (SSSR count). The van der Waals surface area contributed by atoms with Crippen molar-refractivity contribution in [1.82, 2.24) is 14.3 Å². The van der Waals surface area contributed by atoms with Gasteiger partial charge in [-0.05, 0) is 31.1 Å². The van der Waals surface area contributed by atoms with Crippen molar-refractivity contribution >= 4 is 51.7 Å². The highest BCUT2D eigenvalue weighted by Crippen LogP contribution is 2.33. The van der Waals surface area contributed by atoms with Crippen LogP contribution < -0.4 is 10.9 Å². The van der Waals surface area contributed by atoms with Crippen molar-refractivity contribution in [2.24, 2.45) is 0 Å². The largest absolute Gasteiger partial charge is 0.366 e. The molecule has 0 radical (unpaired) electrons. The zero-order valence-electron chi connectivity index (χ0n) is 15.9. The van der Waals surface area contributed by atoms with Crippen LogP contribution in [0.5, 0.6) is 0 Å². The van der Waals surface area contributed by atoms with Crippen molar-refractivity contribution < 1.29 is 4.79 Å². The Morgan fingerprint density at radius 2 is 2.14 bits per heavy atom. The van der Waals surface area contributed by atoms with E-state index in [-0.39, 0.29) is 11.5 Å². The second-order valence-corrected chi connectivity index (χ2v) is 8.15. The molecular weight excluding hydrogens is 392 g/mol. The van der Waals surface area contributed by atoms with Gasteiger partial charge in [-0.3, -0.25) is 18.9 Å². The molecule has 1 N–H and O–H groups in total. The lowest BCUT2D eigenvalue weighted by Crippen LogP contribution is -2.29. The van der Waals surface area contributed by atoms with Gasteiger partial charge in [0.25, 0.3) is 11.5 Å². The summed E-state index contributed by atoms with van der Waals surface area (Å²) in [6.07, 6.45) is 6.88. The number of unbranched alkanes of at least 4 members (excludes halogenated alkanes) is 1. The fraction of sp³-hybridized carbons (Fsp3) is 0.300. The lowest BCUT2D eigenvalue weighted by atomic mass is 10.2. The number of carbonyl (C=O) groups is 1. The lowest BCUT2D eigenvalue weighted by Gasteiger charge is -2.13. The average molecular weight is 415 g/mol. The van der Waals surface area contributed by atoms with Gasteiger partial charge in [-0.25, -0.2) is 4.98 Å². The summed E-state index contributed by atoms with van der Waals surface area (Å²) in [5.41, 5.74) is 1.58. The Morgan fingerprint density at radius 1 is 1.36 bits per heavy atom. The Kier molecular flexibility index (Phi) is 6.31. The molecule has 6 nitrogen and oxygen atoms in total. The van der Waals surface area contributed by atoms with Crippen LogP contribution in [0.2, 0.25) is 0 Å². The summed E-state index contributed by atoms with van der Waals surface area (Å²) >= 11 is 6.58. The van der Waals surface area contributed by atoms with Crippen LogP contribution in [0.1, 0.15) is 30.9 Å². The molecule has 146 valence electrons. The maximum Gasteiger partial charge on any atom is 0.267 e. The molecule has 1 aliphatic rings. The fourth-order valence-corrected chi connectivity index (χ4v) is 4.12. The minimum absolute atomic E-state index is 0.160. The molecule has 2 aromatic rings. The van der Waals surface area contributed by atoms with Crippen molar-refractivity contribution in [1.29, 1.82) is 0 Å². The van der Waals surface area contributed by atoms with Crippen LogP contribution in [0.25, 0.3) is 11.7 Å². The van der Waals surface area contributed by atoms with Crippen molar-refractivity contribution in [3.63, 3.8) is 0 Å². The molecule has 0 aliphatic carbocycles. The molecule has 0 spiro atoms. The van der Waals surface area contributed by atoms with E-state index in [4.69, 9.17) is 12.2 Å². The van der Waals surface area contributed by atoms with Gasteiger partial charge in [0, 0.05) is 19.3 Å². The van der Waals surface area contributed by atoms with Crippen molar-refractivity contribution in [3.8, 4) is 0 Å². The molecule has 0 aromatic carbocycles. The quantitative estimate of drug-likeness (QED) is 0.424. The van der Waals surface area contributed by atoms with Crippen LogP contribution in [0.15, 0.2) is 40.7 Å². The van der Waals surface area contributed by atoms with Gasteiger partial charge in [0.1, 0.15) is 15.8 Å². The van der Waals surface area contributed by atoms with E-state index in [0.717, 1.165) is 18.4 Å². The third-order valence-electron chi connectivity index (χ3n) is 4.30. The first kappa shape index (κ1) is 20.3. The number of pyridine rings is 1. The Bertz CT molecular complexity index is 1040. The van der Waals surface area contributed by atoms with Crippen LogP contribution in [0.4, 0.5) is 5.82 Å². The summed E-state index contributed by atoms with van der Waals surface area (Å²) in [7, 11) is 0. The number of nitrogens with one attached hydrogen (secondary N) is 1. The number of thiocarbonyl (C=S) groups is 1. The number of carbonyl (C=O) groups excluding carboxylic acids is 1. The summed E-state index contributed by atoms with van der Waals surface area (Å²) in [6, 6.07) is 3.70. The Labute approximate surface area is 173 Å². The SMILES string of the molecule is C=CCNc1nc2ccc(C)cn2c(=O)c1/C=C1/SC(=S)N(CCCC)C1=O.